The summed E-state index contributed by atoms with van der Waals surface area (Å²) in [6.07, 6.45) is -1.40. The Morgan fingerprint density at radius 3 is 2.22 bits per heavy atom. The fraction of sp³-hybridized carbons (Fsp3) is 0.367. The maximum absolute atomic E-state index is 13.4. The SMILES string of the molecule is COc1ccc(C(F)(F)F)cc1C(=O)NCc1ccc(-c2nn3c(c2C(N)=O)Nc2ccc(N4CCN(CC5CCN(c6ccc(N7CCC(=O)NC7=O)cc6)CC5)CC4)cc2CC3)cc1C. The summed E-state index contributed by atoms with van der Waals surface area (Å²) < 4.78 is 47.1. The molecule has 350 valence electrons. The molecule has 3 fully saturated rings. The largest absolute Gasteiger partial charge is 0.496 e. The van der Waals surface area contributed by atoms with Crippen LogP contribution < -0.4 is 41.1 Å². The molecule has 3 saturated heterocycles. The minimum Gasteiger partial charge on any atom is -0.496 e. The van der Waals surface area contributed by atoms with E-state index in [0.717, 1.165) is 116 Å². The Balaban J connectivity index is 0.786. The lowest BCUT2D eigenvalue weighted by Gasteiger charge is -2.40. The molecule has 0 bridgehead atoms. The van der Waals surface area contributed by atoms with Crippen molar-refractivity contribution in [3.63, 3.8) is 0 Å². The van der Waals surface area contributed by atoms with Crippen molar-refractivity contribution in [1.29, 1.82) is 0 Å². The number of methoxy groups -OCH3 is 1. The molecule has 4 aromatic carbocycles. The van der Waals surface area contributed by atoms with Crippen LogP contribution in [0.25, 0.3) is 11.3 Å². The zero-order chi connectivity index (χ0) is 47.0. The zero-order valence-electron chi connectivity index (χ0n) is 37.4. The van der Waals surface area contributed by atoms with Crippen LogP contribution in [0.2, 0.25) is 0 Å². The summed E-state index contributed by atoms with van der Waals surface area (Å²) in [5, 5.41) is 13.4. The number of piperazine rings is 1. The molecule has 5 amide bonds. The van der Waals surface area contributed by atoms with E-state index in [1.54, 1.807) is 21.7 Å². The van der Waals surface area contributed by atoms with Crippen molar-refractivity contribution >= 4 is 52.3 Å². The van der Waals surface area contributed by atoms with Crippen LogP contribution >= 0.6 is 0 Å². The lowest BCUT2D eigenvalue weighted by atomic mass is 9.95. The number of carbonyl (C=O) groups excluding carboxylic acids is 4. The fourth-order valence-corrected chi connectivity index (χ4v) is 9.60. The lowest BCUT2D eigenvalue weighted by molar-refractivity contribution is -0.137. The molecular formula is C49H53F3N10O5. The number of ether oxygens (including phenoxy) is 1. The summed E-state index contributed by atoms with van der Waals surface area (Å²) in [6.45, 7) is 9.65. The van der Waals surface area contributed by atoms with Gasteiger partial charge in [-0.2, -0.15) is 18.3 Å². The van der Waals surface area contributed by atoms with Crippen LogP contribution in [-0.2, 0) is 30.5 Å². The van der Waals surface area contributed by atoms with E-state index in [1.807, 2.05) is 25.1 Å². The predicted molar refractivity (Wildman–Crippen MR) is 249 cm³/mol. The number of hydrogen-bond acceptors (Lipinski definition) is 10. The highest BCUT2D eigenvalue weighted by atomic mass is 19.4. The third kappa shape index (κ3) is 9.61. The van der Waals surface area contributed by atoms with Crippen molar-refractivity contribution < 1.29 is 37.1 Å². The van der Waals surface area contributed by atoms with Crippen LogP contribution in [0.3, 0.4) is 0 Å². The smallest absolute Gasteiger partial charge is 0.416 e. The number of piperidine rings is 1. The maximum atomic E-state index is 13.4. The van der Waals surface area contributed by atoms with Gasteiger partial charge in [0.2, 0.25) is 5.91 Å². The van der Waals surface area contributed by atoms with Gasteiger partial charge in [0.25, 0.3) is 11.8 Å². The van der Waals surface area contributed by atoms with Crippen LogP contribution in [0.15, 0.2) is 78.9 Å². The van der Waals surface area contributed by atoms with Crippen molar-refractivity contribution in [2.45, 2.75) is 51.9 Å². The number of nitrogens with zero attached hydrogens (tertiary/aromatic N) is 6. The number of carbonyl (C=O) groups is 4. The molecule has 0 unspecified atom stereocenters. The van der Waals surface area contributed by atoms with E-state index in [1.165, 1.54) is 7.11 Å². The molecule has 0 atom stereocenters. The van der Waals surface area contributed by atoms with Crippen molar-refractivity contribution in [2.24, 2.45) is 11.7 Å². The minimum atomic E-state index is -4.62. The molecule has 5 aromatic rings. The molecule has 4 aliphatic heterocycles. The highest BCUT2D eigenvalue weighted by Gasteiger charge is 2.33. The molecule has 5 N–H and O–H groups in total. The molecule has 18 heteroatoms. The molecule has 0 radical (unpaired) electrons. The first-order chi connectivity index (χ1) is 32.2. The second-order valence-electron chi connectivity index (χ2n) is 17.6. The zero-order valence-corrected chi connectivity index (χ0v) is 37.4. The fourth-order valence-electron chi connectivity index (χ4n) is 9.60. The Hall–Kier alpha value is -7.08. The summed E-state index contributed by atoms with van der Waals surface area (Å²) in [5.74, 6) is -0.414. The van der Waals surface area contributed by atoms with Crippen molar-refractivity contribution in [1.82, 2.24) is 25.3 Å². The number of aromatic nitrogens is 2. The molecule has 5 heterocycles. The molecule has 15 nitrogen and oxygen atoms in total. The van der Waals surface area contributed by atoms with E-state index < -0.39 is 23.6 Å². The third-order valence-corrected chi connectivity index (χ3v) is 13.4. The Morgan fingerprint density at radius 1 is 0.821 bits per heavy atom. The average Bonchev–Trinajstić information content (AvgIpc) is 3.59. The number of amides is 5. The Labute approximate surface area is 386 Å². The Kier molecular flexibility index (Phi) is 12.6. The lowest BCUT2D eigenvalue weighted by Crippen LogP contribution is -2.49. The van der Waals surface area contributed by atoms with Crippen LogP contribution in [-0.4, -0.2) is 97.9 Å². The minimum absolute atomic E-state index is 0.0256. The van der Waals surface area contributed by atoms with Crippen LogP contribution in [0.4, 0.5) is 46.5 Å². The molecule has 1 aromatic heterocycles. The Bertz CT molecular complexity index is 2710. The van der Waals surface area contributed by atoms with E-state index in [-0.39, 0.29) is 35.4 Å². The van der Waals surface area contributed by atoms with Crippen LogP contribution in [0.1, 0.15) is 62.2 Å². The summed E-state index contributed by atoms with van der Waals surface area (Å²) in [6, 6.07) is 22.3. The van der Waals surface area contributed by atoms with E-state index in [2.05, 4.69) is 61.0 Å². The number of fused-ring (bicyclic) bond motifs is 2. The van der Waals surface area contributed by atoms with Gasteiger partial charge in [0.05, 0.1) is 18.2 Å². The number of urea groups is 1. The Morgan fingerprint density at radius 2 is 1.54 bits per heavy atom. The molecule has 67 heavy (non-hydrogen) atoms. The van der Waals surface area contributed by atoms with Crippen LogP contribution in [0.5, 0.6) is 5.75 Å². The van der Waals surface area contributed by atoms with E-state index in [4.69, 9.17) is 15.6 Å². The predicted octanol–water partition coefficient (Wildman–Crippen LogP) is 6.70. The van der Waals surface area contributed by atoms with Gasteiger partial charge in [0, 0.05) is 100 Å². The van der Waals surface area contributed by atoms with Gasteiger partial charge < -0.3 is 30.9 Å². The standard InChI is InChI=1S/C49H53F3N10O5/c1-30-25-33(3-4-34(30)28-54-47(65)39-27-35(49(50,51)52)5-12-41(39)67-2)44-43(45(53)64)46-55-40-11-10-38(26-32(40)15-20-62(46)57-44)60-23-21-58(22-24-60)29-31-13-17-59(18-14-31)36-6-8-37(9-7-36)61-19-16-42(63)56-48(61)66/h3-12,25-27,31,55H,13-24,28-29H2,1-2H3,(H2,53,64)(H,54,65)(H,56,63,66). The number of nitrogens with one attached hydrogen (secondary N) is 3. The summed E-state index contributed by atoms with van der Waals surface area (Å²) >= 11 is 0. The summed E-state index contributed by atoms with van der Waals surface area (Å²) in [7, 11) is 1.29. The number of nitrogens with two attached hydrogens (primary N) is 1. The molecule has 4 aliphatic rings. The average molecular weight is 919 g/mol. The van der Waals surface area contributed by atoms with Crippen molar-refractivity contribution in [3.05, 3.63) is 112 Å². The van der Waals surface area contributed by atoms with Gasteiger partial charge in [-0.15, -0.1) is 0 Å². The highest BCUT2D eigenvalue weighted by molar-refractivity contribution is 6.06. The van der Waals surface area contributed by atoms with Crippen LogP contribution in [0, 0.1) is 12.8 Å². The number of aryl methyl sites for hydroxylation is 3. The quantitative estimate of drug-likeness (QED) is 0.112. The van der Waals surface area contributed by atoms with Gasteiger partial charge in [0.1, 0.15) is 22.8 Å². The maximum Gasteiger partial charge on any atom is 0.416 e. The summed E-state index contributed by atoms with van der Waals surface area (Å²) in [5.41, 5.74) is 12.8. The number of imide groups is 1. The topological polar surface area (TPSA) is 170 Å². The van der Waals surface area contributed by atoms with Gasteiger partial charge in [-0.25, -0.2) is 9.48 Å². The first-order valence-corrected chi connectivity index (χ1v) is 22.6. The van der Waals surface area contributed by atoms with E-state index >= 15 is 0 Å². The van der Waals surface area contributed by atoms with Gasteiger partial charge in [-0.05, 0) is 116 Å². The van der Waals surface area contributed by atoms with Gasteiger partial charge in [-0.1, -0.05) is 12.1 Å². The van der Waals surface area contributed by atoms with Gasteiger partial charge in [-0.3, -0.25) is 29.5 Å². The van der Waals surface area contributed by atoms with Gasteiger partial charge >= 0.3 is 12.2 Å². The number of halogens is 3. The summed E-state index contributed by atoms with van der Waals surface area (Å²) in [4.78, 5) is 59.0. The molecular weight excluding hydrogens is 866 g/mol. The number of benzene rings is 4. The molecule has 0 saturated carbocycles. The first-order valence-electron chi connectivity index (χ1n) is 22.6. The number of alkyl halides is 3. The van der Waals surface area contributed by atoms with Crippen molar-refractivity contribution in [3.8, 4) is 17.0 Å². The van der Waals surface area contributed by atoms with E-state index in [0.29, 0.717) is 48.9 Å². The van der Waals surface area contributed by atoms with Gasteiger partial charge in [0.15, 0.2) is 0 Å². The number of primary amides is 1. The van der Waals surface area contributed by atoms with E-state index in [9.17, 15) is 32.3 Å². The second-order valence-corrected chi connectivity index (χ2v) is 17.6. The first kappa shape index (κ1) is 45.1. The normalized spacial score (nSPS) is 17.0. The number of rotatable bonds is 11. The second kappa shape index (κ2) is 18.7. The highest BCUT2D eigenvalue weighted by Crippen LogP contribution is 2.37. The van der Waals surface area contributed by atoms with Crippen molar-refractivity contribution in [2.75, 3.05) is 79.5 Å². The molecule has 0 aliphatic carbocycles. The third-order valence-electron chi connectivity index (χ3n) is 13.4. The number of hydrogen-bond donors (Lipinski definition) is 4. The molecule has 9 rings (SSSR count). The number of anilines is 5. The monoisotopic (exact) mass is 918 g/mol. The molecule has 0 spiro atoms.